The van der Waals surface area contributed by atoms with Crippen molar-refractivity contribution >= 4 is 11.4 Å². The lowest BCUT2D eigenvalue weighted by molar-refractivity contribution is 0.0782. The van der Waals surface area contributed by atoms with Gasteiger partial charge in [0.15, 0.2) is 0 Å². The van der Waals surface area contributed by atoms with Crippen LogP contribution < -0.4 is 16.8 Å². The van der Waals surface area contributed by atoms with Gasteiger partial charge in [-0.3, -0.25) is 0 Å². The molecule has 1 aromatic carbocycles. The summed E-state index contributed by atoms with van der Waals surface area (Å²) in [6, 6.07) is 3.04. The Morgan fingerprint density at radius 2 is 2.09 bits per heavy atom. The standard InChI is InChI=1S/C16H21F2N3O/c1-8-14(19)15(20)13-11(21-8)5-4-10(16(17)18)12(13)9-3-2-6-22-7-9/h4-5,8-9,16,21H,2-3,6-7,19-20H2,1H3. The second-order valence-corrected chi connectivity index (χ2v) is 5.94. The lowest BCUT2D eigenvalue weighted by Gasteiger charge is -2.33. The molecule has 120 valence electrons. The van der Waals surface area contributed by atoms with Crippen LogP contribution in [-0.2, 0) is 4.74 Å². The number of halogens is 2. The summed E-state index contributed by atoms with van der Waals surface area (Å²) < 4.78 is 32.5. The molecule has 2 aliphatic heterocycles. The number of alkyl halides is 2. The maximum atomic E-state index is 13.5. The molecule has 0 aliphatic carbocycles. The zero-order valence-electron chi connectivity index (χ0n) is 12.5. The number of benzene rings is 1. The van der Waals surface area contributed by atoms with Crippen LogP contribution in [0.4, 0.5) is 14.5 Å². The second kappa shape index (κ2) is 5.76. The average molecular weight is 309 g/mol. The third-order valence-electron chi connectivity index (χ3n) is 4.50. The largest absolute Gasteiger partial charge is 0.399 e. The van der Waals surface area contributed by atoms with E-state index in [1.807, 2.05) is 6.92 Å². The van der Waals surface area contributed by atoms with E-state index in [9.17, 15) is 8.78 Å². The van der Waals surface area contributed by atoms with Crippen LogP contribution in [0.15, 0.2) is 17.8 Å². The van der Waals surface area contributed by atoms with Crippen molar-refractivity contribution in [3.05, 3.63) is 34.5 Å². The van der Waals surface area contributed by atoms with Gasteiger partial charge >= 0.3 is 0 Å². The molecule has 3 rings (SSSR count). The van der Waals surface area contributed by atoms with Gasteiger partial charge in [0.1, 0.15) is 0 Å². The summed E-state index contributed by atoms with van der Waals surface area (Å²) in [6.45, 7) is 3.02. The highest BCUT2D eigenvalue weighted by Crippen LogP contribution is 2.42. The summed E-state index contributed by atoms with van der Waals surface area (Å²) in [6.07, 6.45) is -0.866. The summed E-state index contributed by atoms with van der Waals surface area (Å²) in [4.78, 5) is 0. The Morgan fingerprint density at radius 3 is 2.73 bits per heavy atom. The quantitative estimate of drug-likeness (QED) is 0.785. The van der Waals surface area contributed by atoms with Crippen molar-refractivity contribution in [2.24, 2.45) is 11.5 Å². The summed E-state index contributed by atoms with van der Waals surface area (Å²) >= 11 is 0. The molecule has 0 spiro atoms. The number of hydrogen-bond donors (Lipinski definition) is 3. The van der Waals surface area contributed by atoms with Gasteiger partial charge < -0.3 is 21.5 Å². The molecule has 0 bridgehead atoms. The summed E-state index contributed by atoms with van der Waals surface area (Å²) in [7, 11) is 0. The van der Waals surface area contributed by atoms with Gasteiger partial charge in [-0.1, -0.05) is 6.07 Å². The van der Waals surface area contributed by atoms with Crippen LogP contribution in [-0.4, -0.2) is 19.3 Å². The molecule has 2 unspecified atom stereocenters. The van der Waals surface area contributed by atoms with Crippen molar-refractivity contribution in [2.75, 3.05) is 18.5 Å². The maximum absolute atomic E-state index is 13.5. The van der Waals surface area contributed by atoms with Crippen LogP contribution in [0.25, 0.3) is 5.70 Å². The fourth-order valence-corrected chi connectivity index (χ4v) is 3.33. The minimum Gasteiger partial charge on any atom is -0.399 e. The predicted octanol–water partition coefficient (Wildman–Crippen LogP) is 2.92. The van der Waals surface area contributed by atoms with Gasteiger partial charge in [-0.2, -0.15) is 0 Å². The van der Waals surface area contributed by atoms with E-state index in [-0.39, 0.29) is 17.5 Å². The summed E-state index contributed by atoms with van der Waals surface area (Å²) in [5.74, 6) is -0.0748. The molecule has 0 aromatic heterocycles. The molecule has 2 heterocycles. The fraction of sp³-hybridized carbons (Fsp3) is 0.500. The first-order valence-corrected chi connectivity index (χ1v) is 7.55. The Labute approximate surface area is 128 Å². The van der Waals surface area contributed by atoms with Gasteiger partial charge in [0, 0.05) is 29.3 Å². The molecule has 0 saturated carbocycles. The van der Waals surface area contributed by atoms with Crippen molar-refractivity contribution < 1.29 is 13.5 Å². The van der Waals surface area contributed by atoms with E-state index in [2.05, 4.69) is 5.32 Å². The number of rotatable bonds is 2. The highest BCUT2D eigenvalue weighted by Gasteiger charge is 2.31. The molecule has 0 amide bonds. The molecule has 22 heavy (non-hydrogen) atoms. The van der Waals surface area contributed by atoms with Gasteiger partial charge in [0.25, 0.3) is 6.43 Å². The third-order valence-corrected chi connectivity index (χ3v) is 4.50. The van der Waals surface area contributed by atoms with Crippen LogP contribution in [0.3, 0.4) is 0 Å². The molecule has 6 heteroatoms. The molecule has 5 N–H and O–H groups in total. The van der Waals surface area contributed by atoms with Crippen LogP contribution >= 0.6 is 0 Å². The van der Waals surface area contributed by atoms with Crippen molar-refractivity contribution in [3.63, 3.8) is 0 Å². The van der Waals surface area contributed by atoms with Gasteiger partial charge in [0.05, 0.1) is 24.0 Å². The first-order valence-electron chi connectivity index (χ1n) is 7.55. The Bertz CT molecular complexity index is 610. The van der Waals surface area contributed by atoms with E-state index in [4.69, 9.17) is 16.2 Å². The first kappa shape index (κ1) is 15.1. The zero-order valence-corrected chi connectivity index (χ0v) is 12.5. The van der Waals surface area contributed by atoms with Crippen molar-refractivity contribution in [1.82, 2.24) is 0 Å². The van der Waals surface area contributed by atoms with Gasteiger partial charge in [-0.05, 0) is 31.4 Å². The molecule has 4 nitrogen and oxygen atoms in total. The van der Waals surface area contributed by atoms with Crippen LogP contribution in [0.2, 0.25) is 0 Å². The molecule has 1 fully saturated rings. The average Bonchev–Trinajstić information content (AvgIpc) is 2.52. The molecule has 1 saturated heterocycles. The Balaban J connectivity index is 2.20. The van der Waals surface area contributed by atoms with E-state index in [0.29, 0.717) is 35.7 Å². The van der Waals surface area contributed by atoms with E-state index in [1.165, 1.54) is 6.07 Å². The van der Waals surface area contributed by atoms with Crippen molar-refractivity contribution in [1.29, 1.82) is 0 Å². The minimum absolute atomic E-state index is 0.0290. The topological polar surface area (TPSA) is 73.3 Å². The van der Waals surface area contributed by atoms with E-state index >= 15 is 0 Å². The molecule has 2 aliphatic rings. The second-order valence-electron chi connectivity index (χ2n) is 5.94. The first-order chi connectivity index (χ1) is 10.5. The number of fused-ring (bicyclic) bond motifs is 1. The number of ether oxygens (including phenoxy) is 1. The fourth-order valence-electron chi connectivity index (χ4n) is 3.33. The van der Waals surface area contributed by atoms with E-state index < -0.39 is 6.43 Å². The van der Waals surface area contributed by atoms with Gasteiger partial charge in [0.2, 0.25) is 0 Å². The normalized spacial score (nSPS) is 25.1. The number of hydrogen-bond acceptors (Lipinski definition) is 4. The number of anilines is 1. The molecule has 0 radical (unpaired) electrons. The molecule has 1 aromatic rings. The lowest BCUT2D eigenvalue weighted by atomic mass is 9.82. The van der Waals surface area contributed by atoms with Crippen LogP contribution in [0, 0.1) is 0 Å². The smallest absolute Gasteiger partial charge is 0.264 e. The maximum Gasteiger partial charge on any atom is 0.264 e. The molecule has 2 atom stereocenters. The zero-order chi connectivity index (χ0) is 15.9. The van der Waals surface area contributed by atoms with E-state index in [0.717, 1.165) is 18.5 Å². The molecular weight excluding hydrogens is 288 g/mol. The highest BCUT2D eigenvalue weighted by atomic mass is 19.3. The SMILES string of the molecule is CC1Nc2ccc(C(F)F)c(C3CCCOC3)c2C(N)=C1N. The van der Waals surface area contributed by atoms with E-state index in [1.54, 1.807) is 6.07 Å². The van der Waals surface area contributed by atoms with Gasteiger partial charge in [-0.25, -0.2) is 8.78 Å². The molecular formula is C16H21F2N3O. The summed E-state index contributed by atoms with van der Waals surface area (Å²) in [5.41, 5.74) is 15.1. The van der Waals surface area contributed by atoms with Crippen molar-refractivity contribution in [2.45, 2.75) is 38.2 Å². The van der Waals surface area contributed by atoms with Crippen LogP contribution in [0.5, 0.6) is 0 Å². The monoisotopic (exact) mass is 309 g/mol. The van der Waals surface area contributed by atoms with Crippen molar-refractivity contribution in [3.8, 4) is 0 Å². The minimum atomic E-state index is -2.55. The lowest BCUT2D eigenvalue weighted by Crippen LogP contribution is -2.32. The summed E-state index contributed by atoms with van der Waals surface area (Å²) in [5, 5.41) is 3.24. The number of nitrogens with one attached hydrogen (secondary N) is 1. The number of nitrogens with two attached hydrogens (primary N) is 2. The predicted molar refractivity (Wildman–Crippen MR) is 82.6 cm³/mol. The highest BCUT2D eigenvalue weighted by molar-refractivity contribution is 5.83. The third kappa shape index (κ3) is 2.41. The Kier molecular flexibility index (Phi) is 3.95. The van der Waals surface area contributed by atoms with Gasteiger partial charge in [-0.15, -0.1) is 0 Å². The van der Waals surface area contributed by atoms with Crippen LogP contribution in [0.1, 0.15) is 48.8 Å². The Morgan fingerprint density at radius 1 is 1.32 bits per heavy atom. The Hall–Kier alpha value is -1.82.